The Morgan fingerprint density at radius 2 is 1.92 bits per heavy atom. The zero-order valence-corrected chi connectivity index (χ0v) is 21.3. The summed E-state index contributed by atoms with van der Waals surface area (Å²) in [5.41, 5.74) is 8.57. The zero-order chi connectivity index (χ0) is 26.5. The average Bonchev–Trinajstić information content (AvgIpc) is 3.24. The van der Waals surface area contributed by atoms with Gasteiger partial charge in [-0.25, -0.2) is 13.4 Å². The van der Waals surface area contributed by atoms with Crippen molar-refractivity contribution in [2.45, 2.75) is 63.5 Å². The Morgan fingerprint density at radius 3 is 2.56 bits per heavy atom. The van der Waals surface area contributed by atoms with Crippen molar-refractivity contribution in [2.75, 3.05) is 12.3 Å². The molecule has 0 radical (unpaired) electrons. The molecule has 2 atom stereocenters. The molecule has 1 unspecified atom stereocenters. The van der Waals surface area contributed by atoms with E-state index >= 15 is 0 Å². The summed E-state index contributed by atoms with van der Waals surface area (Å²) < 4.78 is 28.0. The summed E-state index contributed by atoms with van der Waals surface area (Å²) in [4.78, 5) is 33.8. The van der Waals surface area contributed by atoms with Gasteiger partial charge in [0.1, 0.15) is 23.7 Å². The Balaban J connectivity index is 1.52. The predicted molar refractivity (Wildman–Crippen MR) is 134 cm³/mol. The first kappa shape index (κ1) is 27.1. The van der Waals surface area contributed by atoms with Crippen molar-refractivity contribution >= 4 is 33.4 Å². The minimum Gasteiger partial charge on any atom is -0.480 e. The van der Waals surface area contributed by atoms with Gasteiger partial charge in [-0.05, 0) is 63.3 Å². The van der Waals surface area contributed by atoms with Gasteiger partial charge >= 0.3 is 5.97 Å². The van der Waals surface area contributed by atoms with Crippen LogP contribution in [-0.4, -0.2) is 54.8 Å². The summed E-state index contributed by atoms with van der Waals surface area (Å²) in [6.45, 7) is 4.68. The highest BCUT2D eigenvalue weighted by Crippen LogP contribution is 2.22. The Morgan fingerprint density at radius 1 is 1.22 bits per heavy atom. The summed E-state index contributed by atoms with van der Waals surface area (Å²) in [6, 6.07) is 7.29. The van der Waals surface area contributed by atoms with Gasteiger partial charge in [-0.1, -0.05) is 28.9 Å². The second kappa shape index (κ2) is 11.5. The number of aryl methyl sites for hydroxylation is 4. The van der Waals surface area contributed by atoms with Crippen LogP contribution in [-0.2, 0) is 30.9 Å². The topological polar surface area (TPSA) is 173 Å². The van der Waals surface area contributed by atoms with Crippen molar-refractivity contribution < 1.29 is 28.0 Å². The fourth-order valence-corrected chi connectivity index (χ4v) is 5.82. The van der Waals surface area contributed by atoms with Crippen molar-refractivity contribution in [3.63, 3.8) is 0 Å². The number of amides is 1. The first-order valence-electron chi connectivity index (χ1n) is 11.5. The number of nitrogens with zero attached hydrogens (tertiary/aromatic N) is 2. The molecule has 0 saturated carbocycles. The number of nitrogens with one attached hydrogen (secondary N) is 2. The summed E-state index contributed by atoms with van der Waals surface area (Å²) in [7, 11) is -4.14. The molecule has 0 fully saturated rings. The summed E-state index contributed by atoms with van der Waals surface area (Å²) in [6.07, 6.45) is 2.08. The zero-order valence-electron chi connectivity index (χ0n) is 20.4. The van der Waals surface area contributed by atoms with Crippen LogP contribution < -0.4 is 15.8 Å². The molecular formula is C24H31N5O6S. The first-order chi connectivity index (χ1) is 17.0. The number of nitrogens with two attached hydrogens (primary N) is 1. The molecule has 0 saturated heterocycles. The number of sulfonamides is 1. The van der Waals surface area contributed by atoms with Crippen LogP contribution in [0.25, 0.3) is 0 Å². The van der Waals surface area contributed by atoms with E-state index in [0.717, 1.165) is 17.7 Å². The fraction of sp³-hybridized carbons (Fsp3) is 0.417. The quantitative estimate of drug-likeness (QED) is 0.348. The molecule has 12 heteroatoms. The third-order valence-electron chi connectivity index (χ3n) is 5.72. The molecule has 0 aliphatic carbocycles. The minimum absolute atomic E-state index is 0.0236. The van der Waals surface area contributed by atoms with E-state index in [1.54, 1.807) is 32.0 Å². The van der Waals surface area contributed by atoms with Crippen molar-refractivity contribution in [1.29, 1.82) is 0 Å². The summed E-state index contributed by atoms with van der Waals surface area (Å²) in [5, 5.41) is 15.8. The van der Waals surface area contributed by atoms with Gasteiger partial charge in [-0.2, -0.15) is 4.72 Å². The largest absolute Gasteiger partial charge is 0.480 e. The molecule has 1 amide bonds. The lowest BCUT2D eigenvalue weighted by Crippen LogP contribution is -2.49. The van der Waals surface area contributed by atoms with Crippen LogP contribution in [0.15, 0.2) is 40.4 Å². The highest BCUT2D eigenvalue weighted by atomic mass is 32.2. The van der Waals surface area contributed by atoms with E-state index in [1.807, 2.05) is 19.1 Å². The number of oxime groups is 1. The predicted octanol–water partition coefficient (Wildman–Crippen LogP) is 1.60. The normalized spacial score (nSPS) is 16.2. The molecule has 2 heterocycles. The third-order valence-corrected chi connectivity index (χ3v) is 7.49. The van der Waals surface area contributed by atoms with E-state index in [4.69, 9.17) is 10.6 Å². The van der Waals surface area contributed by atoms with Gasteiger partial charge in [0.05, 0.1) is 4.90 Å². The van der Waals surface area contributed by atoms with Gasteiger partial charge < -0.3 is 21.0 Å². The van der Waals surface area contributed by atoms with Gasteiger partial charge in [-0.3, -0.25) is 9.59 Å². The van der Waals surface area contributed by atoms with Crippen LogP contribution in [0, 0.1) is 20.8 Å². The van der Waals surface area contributed by atoms with E-state index in [2.05, 4.69) is 20.2 Å². The number of carbonyl (C=O) groups is 2. The van der Waals surface area contributed by atoms with Crippen molar-refractivity contribution in [2.24, 2.45) is 5.16 Å². The molecule has 0 bridgehead atoms. The highest BCUT2D eigenvalue weighted by molar-refractivity contribution is 7.89. The van der Waals surface area contributed by atoms with Gasteiger partial charge in [0.25, 0.3) is 5.91 Å². The number of carboxylic acid groups (broad SMARTS) is 1. The number of anilines is 1. The van der Waals surface area contributed by atoms with Gasteiger partial charge in [0.2, 0.25) is 10.0 Å². The number of carbonyl (C=O) groups excluding carboxylic acids is 1. The Hall–Kier alpha value is -3.51. The Labute approximate surface area is 210 Å². The van der Waals surface area contributed by atoms with Crippen LogP contribution in [0.5, 0.6) is 0 Å². The average molecular weight is 518 g/mol. The van der Waals surface area contributed by atoms with E-state index in [9.17, 15) is 23.1 Å². The molecule has 36 heavy (non-hydrogen) atoms. The molecule has 0 spiro atoms. The first-order valence-corrected chi connectivity index (χ1v) is 13.0. The Kier molecular flexibility index (Phi) is 8.64. The van der Waals surface area contributed by atoms with Crippen LogP contribution in [0.1, 0.15) is 41.6 Å². The maximum Gasteiger partial charge on any atom is 0.323 e. The molecule has 11 nitrogen and oxygen atoms in total. The maximum atomic E-state index is 12.9. The van der Waals surface area contributed by atoms with E-state index < -0.39 is 34.5 Å². The van der Waals surface area contributed by atoms with Crippen LogP contribution in [0.2, 0.25) is 0 Å². The van der Waals surface area contributed by atoms with Crippen molar-refractivity contribution in [1.82, 2.24) is 15.0 Å². The minimum atomic E-state index is -4.14. The molecular weight excluding hydrogens is 486 g/mol. The van der Waals surface area contributed by atoms with Crippen molar-refractivity contribution in [3.8, 4) is 0 Å². The lowest BCUT2D eigenvalue weighted by atomic mass is 10.1. The third kappa shape index (κ3) is 7.01. The smallest absolute Gasteiger partial charge is 0.323 e. The number of nitrogen functional groups attached to an aromatic ring is 1. The number of hydrogen-bond acceptors (Lipinski definition) is 8. The number of hydrogen-bond donors (Lipinski definition) is 4. The fourth-order valence-electron chi connectivity index (χ4n) is 4.18. The number of pyridine rings is 1. The lowest BCUT2D eigenvalue weighted by molar-refractivity contribution is -0.138. The molecule has 1 aromatic heterocycles. The molecule has 1 aliphatic heterocycles. The monoisotopic (exact) mass is 517 g/mol. The molecule has 1 aromatic carbocycles. The van der Waals surface area contributed by atoms with Crippen LogP contribution >= 0.6 is 0 Å². The Bertz CT molecular complexity index is 1250. The van der Waals surface area contributed by atoms with Gasteiger partial charge in [0.15, 0.2) is 0 Å². The SMILES string of the molecule is Cc1cc(C)c(S(=O)(=O)N[C@@H](CNC(=O)C2=NOC(CCCc3cccc(N)n3)C2)C(=O)O)c(C)c1. The number of aliphatic carboxylic acids is 1. The van der Waals surface area contributed by atoms with Crippen molar-refractivity contribution in [3.05, 3.63) is 52.7 Å². The number of benzene rings is 1. The molecule has 2 aromatic rings. The number of carboxylic acids is 1. The number of rotatable bonds is 11. The molecule has 1 aliphatic rings. The van der Waals surface area contributed by atoms with Gasteiger partial charge in [-0.15, -0.1) is 0 Å². The second-order valence-corrected chi connectivity index (χ2v) is 10.5. The standard InChI is InChI=1S/C24H31N5O6S/c1-14-10-15(2)22(16(3)11-14)36(33,34)29-20(24(31)32)13-26-23(30)19-12-18(35-28-19)8-4-6-17-7-5-9-21(25)27-17/h5,7,9-11,18,20,29H,4,6,8,12-13H2,1-3H3,(H2,25,27)(H,26,30)(H,31,32)/t18?,20-/m0/s1. The van der Waals surface area contributed by atoms with E-state index in [-0.39, 0.29) is 23.1 Å². The van der Waals surface area contributed by atoms with E-state index in [1.165, 1.54) is 0 Å². The maximum absolute atomic E-state index is 12.9. The second-order valence-electron chi connectivity index (χ2n) is 8.87. The highest BCUT2D eigenvalue weighted by Gasteiger charge is 2.30. The van der Waals surface area contributed by atoms with Crippen LogP contribution in [0.3, 0.4) is 0 Å². The molecule has 3 rings (SSSR count). The number of aromatic nitrogens is 1. The van der Waals surface area contributed by atoms with E-state index in [0.29, 0.717) is 29.8 Å². The molecule has 5 N–H and O–H groups in total. The lowest BCUT2D eigenvalue weighted by Gasteiger charge is -2.18. The summed E-state index contributed by atoms with van der Waals surface area (Å²) in [5.74, 6) is -1.57. The van der Waals surface area contributed by atoms with Crippen LogP contribution in [0.4, 0.5) is 5.82 Å². The van der Waals surface area contributed by atoms with Gasteiger partial charge in [0, 0.05) is 18.7 Å². The summed E-state index contributed by atoms with van der Waals surface area (Å²) >= 11 is 0. The molecule has 194 valence electrons.